The molecule has 0 saturated carbocycles. The van der Waals surface area contributed by atoms with Gasteiger partial charge in [0.15, 0.2) is 0 Å². The van der Waals surface area contributed by atoms with Gasteiger partial charge in [0.05, 0.1) is 18.6 Å². The van der Waals surface area contributed by atoms with E-state index >= 15 is 0 Å². The highest BCUT2D eigenvalue weighted by atomic mass is 16.5. The first-order valence-corrected chi connectivity index (χ1v) is 10.2. The molecular weight excluding hydrogens is 374 g/mol. The molecule has 2 rings (SSSR count). The Morgan fingerprint density at radius 3 is 2.59 bits per heavy atom. The van der Waals surface area contributed by atoms with E-state index in [-0.39, 0.29) is 24.7 Å². The van der Waals surface area contributed by atoms with Crippen molar-refractivity contribution in [3.63, 3.8) is 0 Å². The van der Waals surface area contributed by atoms with E-state index in [1.807, 2.05) is 6.07 Å². The second-order valence-corrected chi connectivity index (χ2v) is 6.88. The summed E-state index contributed by atoms with van der Waals surface area (Å²) < 4.78 is 9.85. The molecule has 0 atom stereocenters. The number of carbonyl (C=O) groups excluding carboxylic acids is 3. The van der Waals surface area contributed by atoms with E-state index in [4.69, 9.17) is 9.47 Å². The molecule has 0 aliphatic carbocycles. The van der Waals surface area contributed by atoms with Crippen LogP contribution in [0.1, 0.15) is 49.4 Å². The third-order valence-corrected chi connectivity index (χ3v) is 4.64. The minimum atomic E-state index is -0.400. The molecule has 0 radical (unpaired) electrons. The highest BCUT2D eigenvalue weighted by Gasteiger charge is 2.20. The number of carbonyl (C=O) groups is 3. The van der Waals surface area contributed by atoms with Crippen molar-refractivity contribution in [3.8, 4) is 0 Å². The molecule has 1 fully saturated rings. The molecule has 8 heteroatoms. The lowest BCUT2D eigenvalue weighted by molar-refractivity contribution is -0.144. The monoisotopic (exact) mass is 405 g/mol. The van der Waals surface area contributed by atoms with Gasteiger partial charge < -0.3 is 25.0 Å². The van der Waals surface area contributed by atoms with Crippen molar-refractivity contribution in [1.82, 2.24) is 5.32 Å². The number of nitrogens with zero attached hydrogens (tertiary/aromatic N) is 1. The van der Waals surface area contributed by atoms with Gasteiger partial charge in [0.25, 0.3) is 5.91 Å². The van der Waals surface area contributed by atoms with Gasteiger partial charge in [-0.15, -0.1) is 0 Å². The van der Waals surface area contributed by atoms with Gasteiger partial charge in [0.2, 0.25) is 5.91 Å². The van der Waals surface area contributed by atoms with Crippen LogP contribution in [0.2, 0.25) is 0 Å². The standard InChI is InChI=1S/C21H31N3O5/c1-3-29-20(26)10-9-19(25)23-16-7-8-18(24-12-4-5-13-24)17(15-16)21(27)22-11-6-14-28-2/h7-8,15H,3-6,9-14H2,1-2H3,(H,22,27)(H,23,25). The molecule has 1 aliphatic rings. The minimum absolute atomic E-state index is 0.0262. The number of rotatable bonds is 11. The van der Waals surface area contributed by atoms with Crippen molar-refractivity contribution in [2.45, 2.75) is 39.0 Å². The first-order chi connectivity index (χ1) is 14.0. The summed E-state index contributed by atoms with van der Waals surface area (Å²) in [7, 11) is 1.63. The fraction of sp³-hybridized carbons (Fsp3) is 0.571. The first-order valence-electron chi connectivity index (χ1n) is 10.2. The second-order valence-electron chi connectivity index (χ2n) is 6.88. The van der Waals surface area contributed by atoms with Gasteiger partial charge in [-0.3, -0.25) is 14.4 Å². The van der Waals surface area contributed by atoms with E-state index in [1.54, 1.807) is 26.2 Å². The Labute approximate surface area is 171 Å². The maximum absolute atomic E-state index is 12.8. The van der Waals surface area contributed by atoms with Crippen LogP contribution in [0.25, 0.3) is 0 Å². The second kappa shape index (κ2) is 12.1. The van der Waals surface area contributed by atoms with Crippen molar-refractivity contribution < 1.29 is 23.9 Å². The first kappa shape index (κ1) is 22.7. The van der Waals surface area contributed by atoms with E-state index in [0.29, 0.717) is 31.0 Å². The zero-order chi connectivity index (χ0) is 21.1. The predicted octanol–water partition coefficient (Wildman–Crippen LogP) is 2.33. The van der Waals surface area contributed by atoms with E-state index in [9.17, 15) is 14.4 Å². The molecule has 8 nitrogen and oxygen atoms in total. The number of anilines is 2. The summed E-state index contributed by atoms with van der Waals surface area (Å²) in [6, 6.07) is 5.36. The summed E-state index contributed by atoms with van der Waals surface area (Å²) in [5.41, 5.74) is 1.94. The number of benzene rings is 1. The Morgan fingerprint density at radius 1 is 1.14 bits per heavy atom. The normalized spacial score (nSPS) is 13.2. The Morgan fingerprint density at radius 2 is 1.90 bits per heavy atom. The van der Waals surface area contributed by atoms with Gasteiger partial charge in [0, 0.05) is 51.1 Å². The Hall–Kier alpha value is -2.61. The topological polar surface area (TPSA) is 97.0 Å². The summed E-state index contributed by atoms with van der Waals surface area (Å²) in [4.78, 5) is 38.5. The molecule has 1 aromatic rings. The SMILES string of the molecule is CCOC(=O)CCC(=O)Nc1ccc(N2CCCC2)c(C(=O)NCCCOC)c1. The van der Waals surface area contributed by atoms with Crippen LogP contribution in [0.3, 0.4) is 0 Å². The molecular formula is C21H31N3O5. The van der Waals surface area contributed by atoms with Crippen LogP contribution in [0.5, 0.6) is 0 Å². The largest absolute Gasteiger partial charge is 0.466 e. The molecule has 29 heavy (non-hydrogen) atoms. The summed E-state index contributed by atoms with van der Waals surface area (Å²) >= 11 is 0. The highest BCUT2D eigenvalue weighted by Crippen LogP contribution is 2.27. The lowest BCUT2D eigenvalue weighted by Crippen LogP contribution is -2.29. The van der Waals surface area contributed by atoms with Gasteiger partial charge in [0.1, 0.15) is 0 Å². The lowest BCUT2D eigenvalue weighted by atomic mass is 10.1. The molecule has 0 aromatic heterocycles. The smallest absolute Gasteiger partial charge is 0.306 e. The summed E-state index contributed by atoms with van der Waals surface area (Å²) in [6.07, 6.45) is 2.98. The van der Waals surface area contributed by atoms with E-state index < -0.39 is 5.97 Å². The Bertz CT molecular complexity index is 702. The molecule has 0 spiro atoms. The zero-order valence-corrected chi connectivity index (χ0v) is 17.3. The summed E-state index contributed by atoms with van der Waals surface area (Å²) in [5.74, 6) is -0.868. The number of esters is 1. The number of hydrogen-bond acceptors (Lipinski definition) is 6. The zero-order valence-electron chi connectivity index (χ0n) is 17.3. The van der Waals surface area contributed by atoms with Gasteiger partial charge in [-0.1, -0.05) is 0 Å². The van der Waals surface area contributed by atoms with Gasteiger partial charge in [-0.2, -0.15) is 0 Å². The van der Waals surface area contributed by atoms with Crippen LogP contribution in [0.15, 0.2) is 18.2 Å². The van der Waals surface area contributed by atoms with Crippen molar-refractivity contribution in [1.29, 1.82) is 0 Å². The van der Waals surface area contributed by atoms with Crippen LogP contribution in [-0.2, 0) is 19.1 Å². The maximum atomic E-state index is 12.8. The number of nitrogens with one attached hydrogen (secondary N) is 2. The van der Waals surface area contributed by atoms with Crippen LogP contribution in [0, 0.1) is 0 Å². The molecule has 1 aliphatic heterocycles. The fourth-order valence-corrected chi connectivity index (χ4v) is 3.22. The van der Waals surface area contributed by atoms with E-state index in [0.717, 1.165) is 38.0 Å². The maximum Gasteiger partial charge on any atom is 0.306 e. The number of amides is 2. The van der Waals surface area contributed by atoms with E-state index in [1.165, 1.54) is 0 Å². The quantitative estimate of drug-likeness (QED) is 0.433. The average Bonchev–Trinajstić information content (AvgIpc) is 3.24. The summed E-state index contributed by atoms with van der Waals surface area (Å²) in [5, 5.41) is 5.68. The van der Waals surface area contributed by atoms with Gasteiger partial charge in [-0.05, 0) is 44.4 Å². The van der Waals surface area contributed by atoms with Crippen molar-refractivity contribution in [2.75, 3.05) is 50.2 Å². The van der Waals surface area contributed by atoms with Crippen LogP contribution < -0.4 is 15.5 Å². The number of methoxy groups -OCH3 is 1. The lowest BCUT2D eigenvalue weighted by Gasteiger charge is -2.22. The highest BCUT2D eigenvalue weighted by molar-refractivity contribution is 6.02. The molecule has 1 heterocycles. The summed E-state index contributed by atoms with van der Waals surface area (Å²) in [6.45, 7) is 4.94. The molecule has 1 aromatic carbocycles. The van der Waals surface area contributed by atoms with Crippen molar-refractivity contribution >= 4 is 29.2 Å². The van der Waals surface area contributed by atoms with E-state index in [2.05, 4.69) is 15.5 Å². The van der Waals surface area contributed by atoms with Crippen molar-refractivity contribution in [2.24, 2.45) is 0 Å². The molecule has 0 bridgehead atoms. The van der Waals surface area contributed by atoms with Crippen LogP contribution in [-0.4, -0.2) is 57.7 Å². The molecule has 2 amide bonds. The Kier molecular flexibility index (Phi) is 9.43. The van der Waals surface area contributed by atoms with Crippen LogP contribution >= 0.6 is 0 Å². The molecule has 160 valence electrons. The number of ether oxygens (including phenoxy) is 2. The fourth-order valence-electron chi connectivity index (χ4n) is 3.22. The third-order valence-electron chi connectivity index (χ3n) is 4.64. The van der Waals surface area contributed by atoms with Crippen molar-refractivity contribution in [3.05, 3.63) is 23.8 Å². The van der Waals surface area contributed by atoms with Gasteiger partial charge in [-0.25, -0.2) is 0 Å². The molecule has 2 N–H and O–H groups in total. The van der Waals surface area contributed by atoms with Gasteiger partial charge >= 0.3 is 5.97 Å². The molecule has 0 unspecified atom stereocenters. The average molecular weight is 405 g/mol. The Balaban J connectivity index is 2.06. The third kappa shape index (κ3) is 7.38. The predicted molar refractivity (Wildman–Crippen MR) is 111 cm³/mol. The minimum Gasteiger partial charge on any atom is -0.466 e. The molecule has 1 saturated heterocycles. The van der Waals surface area contributed by atoms with Crippen LogP contribution in [0.4, 0.5) is 11.4 Å². The number of hydrogen-bond donors (Lipinski definition) is 2.